The molecule has 2 aliphatic heterocycles. The van der Waals surface area contributed by atoms with E-state index < -0.39 is 10.0 Å². The second kappa shape index (κ2) is 11.8. The van der Waals surface area contributed by atoms with Gasteiger partial charge in [0.05, 0.1) is 4.90 Å². The summed E-state index contributed by atoms with van der Waals surface area (Å²) >= 11 is 0. The molecule has 9 heteroatoms. The third-order valence-electron chi connectivity index (χ3n) is 6.28. The third-order valence-corrected chi connectivity index (χ3v) is 8.19. The maximum atomic E-state index is 12.9. The van der Waals surface area contributed by atoms with Gasteiger partial charge in [0, 0.05) is 57.9 Å². The van der Waals surface area contributed by atoms with E-state index in [2.05, 4.69) is 5.32 Å². The molecule has 178 valence electrons. The van der Waals surface area contributed by atoms with Crippen LogP contribution in [-0.4, -0.2) is 75.9 Å². The number of methoxy groups -OCH3 is 1. The van der Waals surface area contributed by atoms with Gasteiger partial charge in [-0.3, -0.25) is 9.59 Å². The summed E-state index contributed by atoms with van der Waals surface area (Å²) in [5.74, 6) is -0.165. The van der Waals surface area contributed by atoms with Crippen LogP contribution in [0.1, 0.15) is 55.3 Å². The standard InChI is InChI=1S/C23H35N3O5S/c1-31-18-6-13-24-22(27)19-11-16-25(17-12-19)23(28)20-7-9-21(10-8-20)32(29,30)26-14-4-2-3-5-15-26/h7-10,19H,2-6,11-18H2,1H3,(H,24,27). The van der Waals surface area contributed by atoms with Gasteiger partial charge in [-0.1, -0.05) is 12.8 Å². The minimum Gasteiger partial charge on any atom is -0.385 e. The van der Waals surface area contributed by atoms with E-state index in [1.54, 1.807) is 28.4 Å². The fourth-order valence-electron chi connectivity index (χ4n) is 4.30. The summed E-state index contributed by atoms with van der Waals surface area (Å²) in [6.07, 6.45) is 5.93. The topological polar surface area (TPSA) is 96.0 Å². The Morgan fingerprint density at radius 1 is 1.00 bits per heavy atom. The van der Waals surface area contributed by atoms with Crippen LogP contribution in [0, 0.1) is 5.92 Å². The highest BCUT2D eigenvalue weighted by molar-refractivity contribution is 7.89. The first-order chi connectivity index (χ1) is 15.4. The zero-order chi connectivity index (χ0) is 23.0. The van der Waals surface area contributed by atoms with Crippen molar-refractivity contribution in [3.8, 4) is 0 Å². The van der Waals surface area contributed by atoms with Crippen LogP contribution in [0.3, 0.4) is 0 Å². The summed E-state index contributed by atoms with van der Waals surface area (Å²) in [7, 11) is -1.89. The van der Waals surface area contributed by atoms with Gasteiger partial charge in [-0.2, -0.15) is 4.31 Å². The Kier molecular flexibility index (Phi) is 9.07. The number of sulfonamides is 1. The summed E-state index contributed by atoms with van der Waals surface area (Å²) < 4.78 is 32.4. The van der Waals surface area contributed by atoms with Crippen LogP contribution in [0.4, 0.5) is 0 Å². The van der Waals surface area contributed by atoms with Crippen molar-refractivity contribution in [3.63, 3.8) is 0 Å². The number of benzene rings is 1. The number of rotatable bonds is 8. The number of hydrogen-bond acceptors (Lipinski definition) is 5. The Morgan fingerprint density at radius 2 is 1.62 bits per heavy atom. The van der Waals surface area contributed by atoms with Crippen molar-refractivity contribution >= 4 is 21.8 Å². The second-order valence-corrected chi connectivity index (χ2v) is 10.5. The van der Waals surface area contributed by atoms with Crippen LogP contribution in [0.25, 0.3) is 0 Å². The highest BCUT2D eigenvalue weighted by Gasteiger charge is 2.29. The first kappa shape index (κ1) is 24.7. The smallest absolute Gasteiger partial charge is 0.253 e. The van der Waals surface area contributed by atoms with Crippen LogP contribution < -0.4 is 5.32 Å². The average molecular weight is 466 g/mol. The fraction of sp³-hybridized carbons (Fsp3) is 0.652. The van der Waals surface area contributed by atoms with Gasteiger partial charge >= 0.3 is 0 Å². The summed E-state index contributed by atoms with van der Waals surface area (Å²) in [4.78, 5) is 27.1. The Hall–Kier alpha value is -1.97. The van der Waals surface area contributed by atoms with Gasteiger partial charge in [0.2, 0.25) is 15.9 Å². The lowest BCUT2D eigenvalue weighted by atomic mass is 9.95. The van der Waals surface area contributed by atoms with Crippen LogP contribution in [0.15, 0.2) is 29.2 Å². The van der Waals surface area contributed by atoms with Gasteiger partial charge in [-0.15, -0.1) is 0 Å². The van der Waals surface area contributed by atoms with Crippen molar-refractivity contribution < 1.29 is 22.7 Å². The Morgan fingerprint density at radius 3 is 2.22 bits per heavy atom. The number of nitrogens with one attached hydrogen (secondary N) is 1. The molecular weight excluding hydrogens is 430 g/mol. The van der Waals surface area contributed by atoms with Crippen molar-refractivity contribution in [2.45, 2.75) is 49.8 Å². The first-order valence-corrected chi connectivity index (χ1v) is 13.0. The first-order valence-electron chi connectivity index (χ1n) is 11.6. The van der Waals surface area contributed by atoms with Gasteiger partial charge in [0.25, 0.3) is 5.91 Å². The molecule has 0 aliphatic carbocycles. The molecular formula is C23H35N3O5S. The molecule has 32 heavy (non-hydrogen) atoms. The predicted octanol–water partition coefficient (Wildman–Crippen LogP) is 2.26. The third kappa shape index (κ3) is 6.30. The van der Waals surface area contributed by atoms with Gasteiger partial charge in [0.1, 0.15) is 0 Å². The van der Waals surface area contributed by atoms with Crippen LogP contribution in [-0.2, 0) is 19.6 Å². The molecule has 1 aromatic rings. The minimum absolute atomic E-state index is 0.0382. The van der Waals surface area contributed by atoms with Crippen molar-refractivity contribution in [3.05, 3.63) is 29.8 Å². The maximum Gasteiger partial charge on any atom is 0.253 e. The number of carbonyl (C=O) groups excluding carboxylic acids is 2. The van der Waals surface area contributed by atoms with E-state index in [0.29, 0.717) is 57.7 Å². The number of hydrogen-bond donors (Lipinski definition) is 1. The van der Waals surface area contributed by atoms with Crippen LogP contribution in [0.2, 0.25) is 0 Å². The maximum absolute atomic E-state index is 12.9. The molecule has 1 aromatic carbocycles. The van der Waals surface area contributed by atoms with E-state index in [-0.39, 0.29) is 22.6 Å². The molecule has 0 spiro atoms. The largest absolute Gasteiger partial charge is 0.385 e. The molecule has 0 bridgehead atoms. The molecule has 2 aliphatic rings. The average Bonchev–Trinajstić information content (AvgIpc) is 3.12. The van der Waals surface area contributed by atoms with E-state index in [9.17, 15) is 18.0 Å². The Balaban J connectivity index is 1.53. The molecule has 0 unspecified atom stereocenters. The van der Waals surface area contributed by atoms with Gasteiger partial charge in [-0.25, -0.2) is 8.42 Å². The summed E-state index contributed by atoms with van der Waals surface area (Å²) in [5.41, 5.74) is 0.474. The monoisotopic (exact) mass is 465 g/mol. The van der Waals surface area contributed by atoms with Crippen molar-refractivity contribution in [2.24, 2.45) is 5.92 Å². The lowest BCUT2D eigenvalue weighted by molar-refractivity contribution is -0.126. The Bertz CT molecular complexity index is 856. The fourth-order valence-corrected chi connectivity index (χ4v) is 5.82. The van der Waals surface area contributed by atoms with Gasteiger partial charge < -0.3 is 15.0 Å². The predicted molar refractivity (Wildman–Crippen MR) is 122 cm³/mol. The van der Waals surface area contributed by atoms with Crippen molar-refractivity contribution in [2.75, 3.05) is 46.4 Å². The molecule has 2 fully saturated rings. The number of piperidine rings is 1. The SMILES string of the molecule is COCCCNC(=O)C1CCN(C(=O)c2ccc(S(=O)(=O)N3CCCCCC3)cc2)CC1. The molecule has 0 radical (unpaired) electrons. The molecule has 0 atom stereocenters. The van der Waals surface area contributed by atoms with E-state index in [0.717, 1.165) is 32.1 Å². The van der Waals surface area contributed by atoms with E-state index >= 15 is 0 Å². The zero-order valence-corrected chi connectivity index (χ0v) is 19.7. The zero-order valence-electron chi connectivity index (χ0n) is 18.9. The minimum atomic E-state index is -3.52. The molecule has 2 heterocycles. The molecule has 1 N–H and O–H groups in total. The van der Waals surface area contributed by atoms with Gasteiger partial charge in [-0.05, 0) is 56.4 Å². The van der Waals surface area contributed by atoms with Crippen molar-refractivity contribution in [1.82, 2.24) is 14.5 Å². The molecule has 0 aromatic heterocycles. The van der Waals surface area contributed by atoms with Gasteiger partial charge in [0.15, 0.2) is 0 Å². The normalized spacial score (nSPS) is 18.8. The number of ether oxygens (including phenoxy) is 1. The highest BCUT2D eigenvalue weighted by atomic mass is 32.2. The van der Waals surface area contributed by atoms with Crippen LogP contribution >= 0.6 is 0 Å². The lowest BCUT2D eigenvalue weighted by Gasteiger charge is -2.31. The Labute approximate surface area is 191 Å². The van der Waals surface area contributed by atoms with E-state index in [4.69, 9.17) is 4.74 Å². The number of likely N-dealkylation sites (tertiary alicyclic amines) is 1. The summed E-state index contributed by atoms with van der Waals surface area (Å²) in [5, 5.41) is 2.93. The number of nitrogens with zero attached hydrogens (tertiary/aromatic N) is 2. The summed E-state index contributed by atoms with van der Waals surface area (Å²) in [6, 6.07) is 6.27. The lowest BCUT2D eigenvalue weighted by Crippen LogP contribution is -2.43. The van der Waals surface area contributed by atoms with Crippen LogP contribution in [0.5, 0.6) is 0 Å². The summed E-state index contributed by atoms with van der Waals surface area (Å²) in [6.45, 7) is 3.35. The molecule has 2 saturated heterocycles. The molecule has 2 amide bonds. The second-order valence-electron chi connectivity index (χ2n) is 8.55. The number of amides is 2. The van der Waals surface area contributed by atoms with E-state index in [1.165, 1.54) is 12.1 Å². The number of carbonyl (C=O) groups is 2. The van der Waals surface area contributed by atoms with Crippen molar-refractivity contribution in [1.29, 1.82) is 0 Å². The highest BCUT2D eigenvalue weighted by Crippen LogP contribution is 2.23. The molecule has 3 rings (SSSR count). The molecule has 8 nitrogen and oxygen atoms in total. The molecule has 0 saturated carbocycles. The van der Waals surface area contributed by atoms with E-state index in [1.807, 2.05) is 0 Å². The quantitative estimate of drug-likeness (QED) is 0.594.